The van der Waals surface area contributed by atoms with Crippen LogP contribution >= 0.6 is 0 Å². The molecule has 1 heterocycles. The summed E-state index contributed by atoms with van der Waals surface area (Å²) in [6, 6.07) is 8.90. The van der Waals surface area contributed by atoms with Crippen molar-refractivity contribution in [3.63, 3.8) is 0 Å². The van der Waals surface area contributed by atoms with Crippen molar-refractivity contribution >= 4 is 11.9 Å². The Hall–Kier alpha value is -2.61. The highest BCUT2D eigenvalue weighted by atomic mass is 19.4. The molecule has 166 valence electrons. The molecule has 1 fully saturated rings. The van der Waals surface area contributed by atoms with Crippen LogP contribution in [0.3, 0.4) is 0 Å². The number of carbonyl (C=O) groups is 1. The van der Waals surface area contributed by atoms with Crippen LogP contribution in [-0.4, -0.2) is 39.6 Å². The number of carbonyl (C=O) groups excluding carboxylic acids is 1. The number of halogens is 3. The van der Waals surface area contributed by atoms with Gasteiger partial charge in [-0.1, -0.05) is 36.4 Å². The molecular weight excluding hydrogens is 407 g/mol. The minimum absolute atomic E-state index is 0.0252. The van der Waals surface area contributed by atoms with Gasteiger partial charge in [0.05, 0.1) is 23.3 Å². The zero-order valence-corrected chi connectivity index (χ0v) is 17.5. The van der Waals surface area contributed by atoms with Crippen molar-refractivity contribution in [2.24, 2.45) is 4.99 Å². The molecule has 2 aliphatic carbocycles. The van der Waals surface area contributed by atoms with Gasteiger partial charge in [-0.05, 0) is 44.7 Å². The van der Waals surface area contributed by atoms with E-state index in [1.54, 1.807) is 38.1 Å². The predicted octanol–water partition coefficient (Wildman–Crippen LogP) is 4.16. The highest BCUT2D eigenvalue weighted by Crippen LogP contribution is 2.47. The number of amides is 1. The zero-order valence-electron chi connectivity index (χ0n) is 17.5. The van der Waals surface area contributed by atoms with Crippen molar-refractivity contribution in [1.29, 1.82) is 0 Å². The number of fused-ring (bicyclic) bond motifs is 1. The van der Waals surface area contributed by atoms with E-state index in [0.29, 0.717) is 11.3 Å². The highest BCUT2D eigenvalue weighted by molar-refractivity contribution is 6.00. The van der Waals surface area contributed by atoms with Crippen LogP contribution in [0.5, 0.6) is 0 Å². The van der Waals surface area contributed by atoms with E-state index in [0.717, 1.165) is 25.3 Å². The van der Waals surface area contributed by atoms with E-state index in [1.165, 1.54) is 6.08 Å². The molecule has 3 aliphatic rings. The first-order chi connectivity index (χ1) is 14.5. The zero-order chi connectivity index (χ0) is 22.4. The third-order valence-corrected chi connectivity index (χ3v) is 6.47. The molecule has 5 nitrogen and oxygen atoms in total. The molecule has 0 radical (unpaired) electrons. The average molecular weight is 433 g/mol. The van der Waals surface area contributed by atoms with E-state index in [-0.39, 0.29) is 24.8 Å². The Morgan fingerprint density at radius 2 is 1.94 bits per heavy atom. The van der Waals surface area contributed by atoms with Gasteiger partial charge in [-0.3, -0.25) is 10.1 Å². The first kappa shape index (κ1) is 21.6. The van der Waals surface area contributed by atoms with Crippen LogP contribution in [0.15, 0.2) is 58.7 Å². The van der Waals surface area contributed by atoms with E-state index in [2.05, 4.69) is 10.3 Å². The minimum atomic E-state index is -4.41. The molecular formula is C23H26F3N3O2. The second-order valence-corrected chi connectivity index (χ2v) is 8.95. The number of benzene rings is 1. The van der Waals surface area contributed by atoms with Gasteiger partial charge in [0.1, 0.15) is 0 Å². The number of rotatable bonds is 4. The number of allylic oxidation sites excluding steroid dienone is 2. The topological polar surface area (TPSA) is 64.9 Å². The summed E-state index contributed by atoms with van der Waals surface area (Å²) < 4.78 is 40.2. The van der Waals surface area contributed by atoms with Crippen molar-refractivity contribution in [3.05, 3.63) is 59.3 Å². The summed E-state index contributed by atoms with van der Waals surface area (Å²) in [5.74, 6) is -0.173. The summed E-state index contributed by atoms with van der Waals surface area (Å²) in [5, 5.41) is 13.6. The van der Waals surface area contributed by atoms with E-state index >= 15 is 0 Å². The molecule has 0 bridgehead atoms. The van der Waals surface area contributed by atoms with Crippen LogP contribution in [0.4, 0.5) is 13.2 Å². The molecule has 2 N–H and O–H groups in total. The molecule has 0 aromatic heterocycles. The van der Waals surface area contributed by atoms with Crippen LogP contribution in [0.1, 0.15) is 51.5 Å². The first-order valence-electron chi connectivity index (χ1n) is 10.4. The molecule has 1 saturated carbocycles. The largest absolute Gasteiger partial charge is 0.412 e. The molecule has 1 unspecified atom stereocenters. The third-order valence-electron chi connectivity index (χ3n) is 6.47. The van der Waals surface area contributed by atoms with Crippen LogP contribution in [0, 0.1) is 0 Å². The van der Waals surface area contributed by atoms with Gasteiger partial charge in [-0.25, -0.2) is 4.99 Å². The molecule has 4 rings (SSSR count). The highest BCUT2D eigenvalue weighted by Gasteiger charge is 2.52. The Kier molecular flexibility index (Phi) is 5.24. The van der Waals surface area contributed by atoms with Crippen molar-refractivity contribution < 1.29 is 23.1 Å². The standard InChI is InChI=1S/C23H26F3N3O2/c1-21-13-16(23(24,25)26)11-12-18(21)27-20(29(21)17-9-6-10-17)28-19(30)14-22(2,31)15-7-4-3-5-8-15/h3-5,7-8,11-12,17,31H,6,9-10,13-14H2,1-2H3,(H,27,28,30)/t21?,22-/m0/s1. The normalized spacial score (nSPS) is 25.6. The Balaban J connectivity index is 1.56. The van der Waals surface area contributed by atoms with Crippen LogP contribution in [0.25, 0.3) is 0 Å². The van der Waals surface area contributed by atoms with Gasteiger partial charge >= 0.3 is 6.18 Å². The number of hydrogen-bond donors (Lipinski definition) is 2. The molecule has 1 amide bonds. The van der Waals surface area contributed by atoms with Gasteiger partial charge < -0.3 is 10.0 Å². The van der Waals surface area contributed by atoms with Gasteiger partial charge in [-0.15, -0.1) is 0 Å². The second kappa shape index (κ2) is 7.51. The molecule has 1 aliphatic heterocycles. The number of hydrogen-bond acceptors (Lipinski definition) is 4. The quantitative estimate of drug-likeness (QED) is 0.750. The predicted molar refractivity (Wildman–Crippen MR) is 111 cm³/mol. The van der Waals surface area contributed by atoms with Crippen molar-refractivity contribution in [2.45, 2.75) is 69.3 Å². The summed E-state index contributed by atoms with van der Waals surface area (Å²) in [7, 11) is 0. The number of nitrogens with zero attached hydrogens (tertiary/aromatic N) is 2. The van der Waals surface area contributed by atoms with E-state index in [1.807, 2.05) is 11.0 Å². The minimum Gasteiger partial charge on any atom is -0.385 e. The fraction of sp³-hybridized carbons (Fsp3) is 0.478. The summed E-state index contributed by atoms with van der Waals surface area (Å²) in [6.45, 7) is 3.31. The smallest absolute Gasteiger partial charge is 0.385 e. The van der Waals surface area contributed by atoms with Gasteiger partial charge in [0.15, 0.2) is 0 Å². The monoisotopic (exact) mass is 433 g/mol. The lowest BCUT2D eigenvalue weighted by molar-refractivity contribution is -0.124. The second-order valence-electron chi connectivity index (χ2n) is 8.95. The van der Waals surface area contributed by atoms with Crippen LogP contribution in [-0.2, 0) is 10.4 Å². The summed E-state index contributed by atoms with van der Waals surface area (Å²) in [6.07, 6.45) is 0.315. The number of alkyl halides is 3. The Labute approximate surface area is 179 Å². The molecule has 0 saturated heterocycles. The molecule has 1 aromatic carbocycles. The number of aliphatic imine (C=N–C) groups is 1. The maximum atomic E-state index is 13.4. The van der Waals surface area contributed by atoms with E-state index in [4.69, 9.17) is 0 Å². The Morgan fingerprint density at radius 1 is 1.26 bits per heavy atom. The SMILES string of the molecule is CC12CC(C(F)(F)F)=CC=C1N=C(NC(=O)C[C@](C)(O)c1ccccc1)N2C1CCC1. The Morgan fingerprint density at radius 3 is 2.52 bits per heavy atom. The van der Waals surface area contributed by atoms with Crippen LogP contribution < -0.4 is 5.32 Å². The third kappa shape index (κ3) is 4.01. The number of aliphatic hydroxyl groups is 1. The van der Waals surface area contributed by atoms with Crippen molar-refractivity contribution in [3.8, 4) is 0 Å². The van der Waals surface area contributed by atoms with Gasteiger partial charge in [0.25, 0.3) is 0 Å². The van der Waals surface area contributed by atoms with Gasteiger partial charge in [0, 0.05) is 18.0 Å². The fourth-order valence-corrected chi connectivity index (χ4v) is 4.53. The summed E-state index contributed by atoms with van der Waals surface area (Å²) >= 11 is 0. The van der Waals surface area contributed by atoms with Crippen molar-refractivity contribution in [1.82, 2.24) is 10.2 Å². The van der Waals surface area contributed by atoms with Gasteiger partial charge in [-0.2, -0.15) is 13.2 Å². The molecule has 0 spiro atoms. The molecule has 1 aromatic rings. The lowest BCUT2D eigenvalue weighted by Crippen LogP contribution is -2.59. The molecule has 8 heteroatoms. The Bertz CT molecular complexity index is 962. The lowest BCUT2D eigenvalue weighted by Gasteiger charge is -2.47. The number of nitrogens with one attached hydrogen (secondary N) is 1. The van der Waals surface area contributed by atoms with Crippen molar-refractivity contribution in [2.75, 3.05) is 0 Å². The summed E-state index contributed by atoms with van der Waals surface area (Å²) in [5.41, 5.74) is -1.82. The number of guanidine groups is 1. The van der Waals surface area contributed by atoms with Gasteiger partial charge in [0.2, 0.25) is 11.9 Å². The van der Waals surface area contributed by atoms with E-state index in [9.17, 15) is 23.1 Å². The summed E-state index contributed by atoms with van der Waals surface area (Å²) in [4.78, 5) is 19.2. The van der Waals surface area contributed by atoms with E-state index < -0.39 is 28.8 Å². The lowest BCUT2D eigenvalue weighted by atomic mass is 9.80. The maximum absolute atomic E-state index is 13.4. The molecule has 2 atom stereocenters. The average Bonchev–Trinajstić information content (AvgIpc) is 2.91. The molecule has 31 heavy (non-hydrogen) atoms. The fourth-order valence-electron chi connectivity index (χ4n) is 4.53. The van der Waals surface area contributed by atoms with Crippen LogP contribution in [0.2, 0.25) is 0 Å². The first-order valence-corrected chi connectivity index (χ1v) is 10.4. The maximum Gasteiger partial charge on any atom is 0.412 e.